The van der Waals surface area contributed by atoms with Gasteiger partial charge in [0.15, 0.2) is 0 Å². The molecular weight excluding hydrogens is 412 g/mol. The van der Waals surface area contributed by atoms with E-state index in [9.17, 15) is 13.2 Å². The molecule has 0 saturated carbocycles. The molecule has 31 heavy (non-hydrogen) atoms. The topological polar surface area (TPSA) is 73.0 Å². The number of hydrogen-bond acceptors (Lipinski definition) is 5. The van der Waals surface area contributed by atoms with Gasteiger partial charge in [0, 0.05) is 50.5 Å². The van der Waals surface area contributed by atoms with E-state index >= 15 is 0 Å². The van der Waals surface area contributed by atoms with Crippen LogP contribution in [0.2, 0.25) is 0 Å². The number of likely N-dealkylation sites (tertiary alicyclic amines) is 1. The van der Waals surface area contributed by atoms with Gasteiger partial charge in [0.2, 0.25) is 15.9 Å². The number of nitrogens with one attached hydrogen (secondary N) is 1. The van der Waals surface area contributed by atoms with E-state index in [2.05, 4.69) is 24.1 Å². The lowest BCUT2D eigenvalue weighted by Crippen LogP contribution is -2.48. The first-order chi connectivity index (χ1) is 14.8. The number of nitrogens with zero attached hydrogens (tertiary/aromatic N) is 3. The number of aryl methyl sites for hydroxylation is 1. The predicted molar refractivity (Wildman–Crippen MR) is 123 cm³/mol. The molecule has 2 saturated heterocycles. The number of benzene rings is 1. The van der Waals surface area contributed by atoms with Crippen LogP contribution in [0.25, 0.3) is 0 Å². The molecule has 8 heteroatoms. The minimum atomic E-state index is -3.43. The van der Waals surface area contributed by atoms with Crippen molar-refractivity contribution in [1.29, 1.82) is 0 Å². The van der Waals surface area contributed by atoms with Gasteiger partial charge in [-0.2, -0.15) is 4.31 Å². The maximum Gasteiger partial charge on any atom is 0.243 e. The summed E-state index contributed by atoms with van der Waals surface area (Å²) in [6, 6.07) is 6.35. The molecule has 0 aliphatic carbocycles. The van der Waals surface area contributed by atoms with Crippen molar-refractivity contribution >= 4 is 21.6 Å². The van der Waals surface area contributed by atoms with Crippen LogP contribution in [0, 0.1) is 0 Å². The lowest BCUT2D eigenvalue weighted by Gasteiger charge is -2.35. The third kappa shape index (κ3) is 5.13. The van der Waals surface area contributed by atoms with Crippen molar-refractivity contribution in [2.45, 2.75) is 69.4 Å². The number of hydrogen-bond donors (Lipinski definition) is 1. The molecule has 1 aromatic rings. The van der Waals surface area contributed by atoms with Crippen LogP contribution in [-0.2, 0) is 21.2 Å². The molecule has 0 unspecified atom stereocenters. The smallest absolute Gasteiger partial charge is 0.243 e. The zero-order valence-corrected chi connectivity index (χ0v) is 19.7. The molecule has 3 heterocycles. The zero-order chi connectivity index (χ0) is 22.0. The van der Waals surface area contributed by atoms with Crippen LogP contribution in [0.1, 0.15) is 51.5 Å². The summed E-state index contributed by atoms with van der Waals surface area (Å²) in [4.78, 5) is 17.6. The van der Waals surface area contributed by atoms with Crippen LogP contribution in [0.5, 0.6) is 0 Å². The van der Waals surface area contributed by atoms with Crippen LogP contribution < -0.4 is 10.2 Å². The van der Waals surface area contributed by atoms with E-state index in [0.29, 0.717) is 43.2 Å². The number of rotatable bonds is 6. The molecule has 1 N–H and O–H groups in total. The molecule has 7 nitrogen and oxygen atoms in total. The zero-order valence-electron chi connectivity index (χ0n) is 18.8. The van der Waals surface area contributed by atoms with Crippen molar-refractivity contribution in [3.05, 3.63) is 23.8 Å². The van der Waals surface area contributed by atoms with Gasteiger partial charge in [0.05, 0.1) is 11.4 Å². The molecule has 0 aromatic heterocycles. The monoisotopic (exact) mass is 448 g/mol. The summed E-state index contributed by atoms with van der Waals surface area (Å²) in [6.07, 6.45) is 5.68. The molecule has 0 radical (unpaired) electrons. The molecule has 0 bridgehead atoms. The summed E-state index contributed by atoms with van der Waals surface area (Å²) in [6.45, 7) is 8.56. The van der Waals surface area contributed by atoms with Gasteiger partial charge < -0.3 is 10.2 Å². The summed E-state index contributed by atoms with van der Waals surface area (Å²) >= 11 is 0. The molecule has 172 valence electrons. The maximum atomic E-state index is 13.1. The fourth-order valence-electron chi connectivity index (χ4n) is 5.08. The maximum absolute atomic E-state index is 13.1. The summed E-state index contributed by atoms with van der Waals surface area (Å²) < 4.78 is 27.4. The van der Waals surface area contributed by atoms with Gasteiger partial charge in [-0.15, -0.1) is 0 Å². The lowest BCUT2D eigenvalue weighted by molar-refractivity contribution is -0.120. The molecular formula is C23H36N4O3S. The van der Waals surface area contributed by atoms with Crippen molar-refractivity contribution in [1.82, 2.24) is 14.5 Å². The molecule has 3 aliphatic heterocycles. The second-order valence-corrected chi connectivity index (χ2v) is 11.4. The Hall–Kier alpha value is -1.48. The number of carbonyl (C=O) groups excluding carboxylic acids is 1. The van der Waals surface area contributed by atoms with E-state index < -0.39 is 10.0 Å². The van der Waals surface area contributed by atoms with Crippen LogP contribution in [0.4, 0.5) is 5.69 Å². The van der Waals surface area contributed by atoms with Gasteiger partial charge in [0.1, 0.15) is 0 Å². The number of fused-ring (bicyclic) bond motifs is 1. The van der Waals surface area contributed by atoms with Gasteiger partial charge >= 0.3 is 0 Å². The lowest BCUT2D eigenvalue weighted by atomic mass is 10.0. The fourth-order valence-corrected chi connectivity index (χ4v) is 6.64. The van der Waals surface area contributed by atoms with Gasteiger partial charge in [0.25, 0.3) is 0 Å². The number of anilines is 1. The Morgan fingerprint density at radius 2 is 1.77 bits per heavy atom. The van der Waals surface area contributed by atoms with Crippen molar-refractivity contribution in [3.8, 4) is 0 Å². The highest BCUT2D eigenvalue weighted by atomic mass is 32.2. The Morgan fingerprint density at radius 1 is 1.06 bits per heavy atom. The van der Waals surface area contributed by atoms with E-state index in [1.807, 2.05) is 11.0 Å². The van der Waals surface area contributed by atoms with Gasteiger partial charge in [-0.05, 0) is 62.3 Å². The van der Waals surface area contributed by atoms with E-state index in [4.69, 9.17) is 0 Å². The molecule has 3 aliphatic rings. The Balaban J connectivity index is 1.42. The third-order valence-corrected chi connectivity index (χ3v) is 8.58. The second kappa shape index (κ2) is 9.57. The minimum absolute atomic E-state index is 0.117. The summed E-state index contributed by atoms with van der Waals surface area (Å²) in [5, 5.41) is 3.59. The SMILES string of the molecule is CC(C)NC1CCN(CC(=O)N2CCCc3cc(S(=O)(=O)N4CCCC4)ccc32)CC1. The van der Waals surface area contributed by atoms with Crippen molar-refractivity contribution in [2.24, 2.45) is 0 Å². The van der Waals surface area contributed by atoms with Crippen LogP contribution in [-0.4, -0.2) is 74.9 Å². The second-order valence-electron chi connectivity index (χ2n) is 9.42. The number of sulfonamides is 1. The number of amides is 1. The largest absolute Gasteiger partial charge is 0.312 e. The Kier molecular flexibility index (Phi) is 7.01. The third-order valence-electron chi connectivity index (χ3n) is 6.69. The molecule has 2 fully saturated rings. The van der Waals surface area contributed by atoms with Crippen molar-refractivity contribution < 1.29 is 13.2 Å². The highest BCUT2D eigenvalue weighted by molar-refractivity contribution is 7.89. The minimum Gasteiger partial charge on any atom is -0.312 e. The van der Waals surface area contributed by atoms with E-state index in [-0.39, 0.29) is 5.91 Å². The Morgan fingerprint density at radius 3 is 2.45 bits per heavy atom. The summed E-state index contributed by atoms with van der Waals surface area (Å²) in [5.41, 5.74) is 1.85. The van der Waals surface area contributed by atoms with E-state index in [0.717, 1.165) is 62.9 Å². The average Bonchev–Trinajstić information content (AvgIpc) is 3.30. The fraction of sp³-hybridized carbons (Fsp3) is 0.696. The van der Waals surface area contributed by atoms with Crippen LogP contribution in [0.15, 0.2) is 23.1 Å². The summed E-state index contributed by atoms with van der Waals surface area (Å²) in [7, 11) is -3.43. The standard InChI is InChI=1S/C23H36N4O3S/c1-18(2)24-20-9-14-25(15-10-20)17-23(28)27-13-5-6-19-16-21(7-8-22(19)27)31(29,30)26-11-3-4-12-26/h7-8,16,18,20,24H,3-6,9-15,17H2,1-2H3. The quantitative estimate of drug-likeness (QED) is 0.722. The first-order valence-corrected chi connectivity index (χ1v) is 13.2. The van der Waals surface area contributed by atoms with Gasteiger partial charge in [-0.25, -0.2) is 8.42 Å². The Bertz CT molecular complexity index is 888. The number of carbonyl (C=O) groups is 1. The van der Waals surface area contributed by atoms with Gasteiger partial charge in [-0.3, -0.25) is 9.69 Å². The molecule has 1 aromatic carbocycles. The van der Waals surface area contributed by atoms with E-state index in [1.165, 1.54) is 0 Å². The summed E-state index contributed by atoms with van der Waals surface area (Å²) in [5.74, 6) is 0.117. The normalized spacial score (nSPS) is 21.6. The predicted octanol–water partition coefficient (Wildman–Crippen LogP) is 2.21. The van der Waals surface area contributed by atoms with Crippen molar-refractivity contribution in [2.75, 3.05) is 44.2 Å². The average molecular weight is 449 g/mol. The Labute approximate surface area is 186 Å². The highest BCUT2D eigenvalue weighted by Crippen LogP contribution is 2.31. The highest BCUT2D eigenvalue weighted by Gasteiger charge is 2.30. The van der Waals surface area contributed by atoms with Crippen molar-refractivity contribution in [3.63, 3.8) is 0 Å². The molecule has 4 rings (SSSR count). The van der Waals surface area contributed by atoms with Crippen LogP contribution >= 0.6 is 0 Å². The van der Waals surface area contributed by atoms with Gasteiger partial charge in [-0.1, -0.05) is 13.8 Å². The molecule has 0 spiro atoms. The van der Waals surface area contributed by atoms with Crippen LogP contribution in [0.3, 0.4) is 0 Å². The molecule has 0 atom stereocenters. The first kappa shape index (κ1) is 22.7. The van der Waals surface area contributed by atoms with E-state index in [1.54, 1.807) is 16.4 Å². The molecule has 1 amide bonds. The first-order valence-electron chi connectivity index (χ1n) is 11.8. The number of piperidine rings is 1.